The van der Waals surface area contributed by atoms with Crippen molar-refractivity contribution in [3.05, 3.63) is 58.3 Å². The van der Waals surface area contributed by atoms with Gasteiger partial charge in [-0.05, 0) is 41.8 Å². The second-order valence-electron chi connectivity index (χ2n) is 4.95. The van der Waals surface area contributed by atoms with E-state index in [-0.39, 0.29) is 10.6 Å². The number of nitrogens with one attached hydrogen (secondary N) is 1. The topological polar surface area (TPSA) is 46.2 Å². The van der Waals surface area contributed by atoms with Gasteiger partial charge in [-0.1, -0.05) is 41.9 Å². The summed E-state index contributed by atoms with van der Waals surface area (Å²) in [5.41, 5.74) is 0.968. The lowest BCUT2D eigenvalue weighted by atomic mass is 10.0. The molecule has 2 aromatic rings. The molecule has 0 aliphatic rings. The van der Waals surface area contributed by atoms with E-state index < -0.39 is 15.8 Å². The minimum atomic E-state index is -3.80. The number of rotatable bonds is 4. The van der Waals surface area contributed by atoms with Crippen LogP contribution >= 0.6 is 15.9 Å². The first-order valence-corrected chi connectivity index (χ1v) is 8.65. The van der Waals surface area contributed by atoms with Crippen LogP contribution in [0.2, 0.25) is 0 Å². The molecule has 3 nitrogen and oxygen atoms in total. The summed E-state index contributed by atoms with van der Waals surface area (Å²) in [7, 11) is -3.80. The monoisotopic (exact) mass is 371 g/mol. The molecule has 0 atom stereocenters. The lowest BCUT2D eigenvalue weighted by molar-refractivity contribution is 0.598. The standard InChI is InChI=1S/C15H15BrFNO2S/c1-10(2)11-3-6-13(7-4-11)21(19,20)18-15-8-5-12(16)9-14(15)17/h3-10,18H,1-2H3. The molecular formula is C15H15BrFNO2S. The SMILES string of the molecule is CC(C)c1ccc(S(=O)(=O)Nc2ccc(Br)cc2F)cc1. The highest BCUT2D eigenvalue weighted by Crippen LogP contribution is 2.23. The third kappa shape index (κ3) is 3.83. The lowest BCUT2D eigenvalue weighted by Gasteiger charge is -2.10. The molecule has 1 N–H and O–H groups in total. The molecule has 0 aromatic heterocycles. The van der Waals surface area contributed by atoms with Crippen molar-refractivity contribution in [3.63, 3.8) is 0 Å². The van der Waals surface area contributed by atoms with Crippen LogP contribution in [0.1, 0.15) is 25.3 Å². The van der Waals surface area contributed by atoms with Gasteiger partial charge >= 0.3 is 0 Å². The fourth-order valence-corrected chi connectivity index (χ4v) is 3.21. The molecule has 21 heavy (non-hydrogen) atoms. The van der Waals surface area contributed by atoms with Gasteiger partial charge in [-0.25, -0.2) is 12.8 Å². The third-order valence-corrected chi connectivity index (χ3v) is 4.91. The van der Waals surface area contributed by atoms with Gasteiger partial charge in [0.25, 0.3) is 10.0 Å². The van der Waals surface area contributed by atoms with Gasteiger partial charge < -0.3 is 0 Å². The average Bonchev–Trinajstić information content (AvgIpc) is 2.42. The maximum atomic E-state index is 13.7. The minimum Gasteiger partial charge on any atom is -0.277 e. The fourth-order valence-electron chi connectivity index (χ4n) is 1.81. The number of hydrogen-bond donors (Lipinski definition) is 1. The molecule has 2 rings (SSSR count). The van der Waals surface area contributed by atoms with Crippen LogP contribution in [0.3, 0.4) is 0 Å². The van der Waals surface area contributed by atoms with Gasteiger partial charge in [-0.2, -0.15) is 0 Å². The maximum Gasteiger partial charge on any atom is 0.261 e. The van der Waals surface area contributed by atoms with Gasteiger partial charge in [0.05, 0.1) is 10.6 Å². The normalized spacial score (nSPS) is 11.7. The number of hydrogen-bond acceptors (Lipinski definition) is 2. The van der Waals surface area contributed by atoms with Crippen LogP contribution in [0.4, 0.5) is 10.1 Å². The van der Waals surface area contributed by atoms with E-state index in [0.717, 1.165) is 5.56 Å². The van der Waals surface area contributed by atoms with E-state index in [1.807, 2.05) is 13.8 Å². The summed E-state index contributed by atoms with van der Waals surface area (Å²) in [6, 6.07) is 10.7. The van der Waals surface area contributed by atoms with E-state index >= 15 is 0 Å². The van der Waals surface area contributed by atoms with Crippen molar-refractivity contribution in [2.75, 3.05) is 4.72 Å². The van der Waals surface area contributed by atoms with Crippen molar-refractivity contribution in [2.45, 2.75) is 24.7 Å². The molecule has 0 radical (unpaired) electrons. The molecular weight excluding hydrogens is 357 g/mol. The summed E-state index contributed by atoms with van der Waals surface area (Å²) in [5.74, 6) is -0.314. The molecule has 0 saturated carbocycles. The van der Waals surface area contributed by atoms with Crippen LogP contribution in [0.5, 0.6) is 0 Å². The Kier molecular flexibility index (Phi) is 4.68. The quantitative estimate of drug-likeness (QED) is 0.858. The van der Waals surface area contributed by atoms with Crippen LogP contribution in [-0.4, -0.2) is 8.42 Å². The van der Waals surface area contributed by atoms with Crippen molar-refractivity contribution in [2.24, 2.45) is 0 Å². The Labute approximate surface area is 132 Å². The Bertz CT molecular complexity index is 743. The summed E-state index contributed by atoms with van der Waals surface area (Å²) in [6.45, 7) is 4.05. The Hall–Kier alpha value is -1.40. The van der Waals surface area contributed by atoms with Gasteiger partial charge in [-0.3, -0.25) is 4.72 Å². The number of anilines is 1. The first-order chi connectivity index (χ1) is 9.79. The van der Waals surface area contributed by atoms with Crippen LogP contribution in [0.25, 0.3) is 0 Å². The molecule has 2 aromatic carbocycles. The smallest absolute Gasteiger partial charge is 0.261 e. The number of benzene rings is 2. The second-order valence-corrected chi connectivity index (χ2v) is 7.55. The van der Waals surface area contributed by atoms with E-state index in [4.69, 9.17) is 0 Å². The van der Waals surface area contributed by atoms with Crippen molar-refractivity contribution < 1.29 is 12.8 Å². The molecule has 0 unspecified atom stereocenters. The molecule has 6 heteroatoms. The van der Waals surface area contributed by atoms with Crippen molar-refractivity contribution in [1.29, 1.82) is 0 Å². The van der Waals surface area contributed by atoms with E-state index in [2.05, 4.69) is 20.7 Å². The number of sulfonamides is 1. The molecule has 0 saturated heterocycles. The second kappa shape index (κ2) is 6.15. The molecule has 0 bridgehead atoms. The van der Waals surface area contributed by atoms with E-state index in [1.54, 1.807) is 18.2 Å². The first-order valence-electron chi connectivity index (χ1n) is 6.37. The zero-order valence-corrected chi connectivity index (χ0v) is 14.0. The van der Waals surface area contributed by atoms with Crippen molar-refractivity contribution in [3.8, 4) is 0 Å². The molecule has 0 aliphatic carbocycles. The van der Waals surface area contributed by atoms with E-state index in [0.29, 0.717) is 10.4 Å². The van der Waals surface area contributed by atoms with Gasteiger partial charge in [0.15, 0.2) is 0 Å². The lowest BCUT2D eigenvalue weighted by Crippen LogP contribution is -2.14. The number of halogens is 2. The Morgan fingerprint density at radius 3 is 2.24 bits per heavy atom. The van der Waals surface area contributed by atoms with Crippen LogP contribution in [0, 0.1) is 5.82 Å². The molecule has 112 valence electrons. The van der Waals surface area contributed by atoms with E-state index in [9.17, 15) is 12.8 Å². The maximum absolute atomic E-state index is 13.7. The first kappa shape index (κ1) is 16.0. The zero-order valence-electron chi connectivity index (χ0n) is 11.6. The Morgan fingerprint density at radius 1 is 1.10 bits per heavy atom. The predicted octanol–water partition coefficient (Wildman–Crippen LogP) is 4.51. The van der Waals surface area contributed by atoms with Crippen LogP contribution in [-0.2, 0) is 10.0 Å². The van der Waals surface area contributed by atoms with Crippen LogP contribution < -0.4 is 4.72 Å². The van der Waals surface area contributed by atoms with Gasteiger partial charge in [-0.15, -0.1) is 0 Å². The average molecular weight is 372 g/mol. The van der Waals surface area contributed by atoms with Crippen LogP contribution in [0.15, 0.2) is 51.8 Å². The summed E-state index contributed by atoms with van der Waals surface area (Å²) >= 11 is 3.13. The van der Waals surface area contributed by atoms with Gasteiger partial charge in [0, 0.05) is 4.47 Å². The third-order valence-electron chi connectivity index (χ3n) is 3.03. The van der Waals surface area contributed by atoms with Crippen molar-refractivity contribution in [1.82, 2.24) is 0 Å². The fraction of sp³-hybridized carbons (Fsp3) is 0.200. The zero-order chi connectivity index (χ0) is 15.6. The van der Waals surface area contributed by atoms with Crippen molar-refractivity contribution >= 4 is 31.6 Å². The predicted molar refractivity (Wildman–Crippen MR) is 85.4 cm³/mol. The molecule has 0 fully saturated rings. The minimum absolute atomic E-state index is 0.0777. The highest BCUT2D eigenvalue weighted by molar-refractivity contribution is 9.10. The summed E-state index contributed by atoms with van der Waals surface area (Å²) in [6.07, 6.45) is 0. The molecule has 0 spiro atoms. The molecule has 0 aliphatic heterocycles. The summed E-state index contributed by atoms with van der Waals surface area (Å²) < 4.78 is 41.0. The van der Waals surface area contributed by atoms with E-state index in [1.165, 1.54) is 24.3 Å². The highest BCUT2D eigenvalue weighted by Gasteiger charge is 2.16. The largest absolute Gasteiger partial charge is 0.277 e. The summed E-state index contributed by atoms with van der Waals surface area (Å²) in [4.78, 5) is 0.106. The Morgan fingerprint density at radius 2 is 1.71 bits per heavy atom. The molecule has 0 amide bonds. The highest BCUT2D eigenvalue weighted by atomic mass is 79.9. The van der Waals surface area contributed by atoms with Gasteiger partial charge in [0.2, 0.25) is 0 Å². The summed E-state index contributed by atoms with van der Waals surface area (Å²) in [5, 5.41) is 0. The Balaban J connectivity index is 2.29. The molecule has 0 heterocycles. The van der Waals surface area contributed by atoms with Gasteiger partial charge in [0.1, 0.15) is 5.82 Å².